The monoisotopic (exact) mass is 268 g/mol. The number of alkyl halides is 1. The van der Waals surface area contributed by atoms with Crippen LogP contribution in [0.1, 0.15) is 30.4 Å². The third kappa shape index (κ3) is 3.84. The van der Waals surface area contributed by atoms with Crippen LogP contribution >= 0.6 is 11.6 Å². The SMILES string of the molecule is COC(=O)C(=O)C(Cl)c1ccc(CC(C)C)cc1. The molecule has 1 aromatic rings. The highest BCUT2D eigenvalue weighted by Gasteiger charge is 2.25. The van der Waals surface area contributed by atoms with Crippen LogP contribution in [-0.4, -0.2) is 18.9 Å². The summed E-state index contributed by atoms with van der Waals surface area (Å²) in [6, 6.07) is 7.40. The van der Waals surface area contributed by atoms with Gasteiger partial charge in [-0.1, -0.05) is 38.1 Å². The second kappa shape index (κ2) is 6.55. The molecule has 1 unspecified atom stereocenters. The summed E-state index contributed by atoms with van der Waals surface area (Å²) in [4.78, 5) is 22.6. The first-order valence-corrected chi connectivity index (χ1v) is 6.24. The number of hydrogen-bond acceptors (Lipinski definition) is 3. The molecule has 0 N–H and O–H groups in total. The van der Waals surface area contributed by atoms with Gasteiger partial charge in [0, 0.05) is 0 Å². The van der Waals surface area contributed by atoms with E-state index in [1.54, 1.807) is 12.1 Å². The minimum absolute atomic E-state index is 0.569. The van der Waals surface area contributed by atoms with Gasteiger partial charge in [-0.25, -0.2) is 4.79 Å². The van der Waals surface area contributed by atoms with Gasteiger partial charge in [-0.05, 0) is 23.5 Å². The Kier molecular flexibility index (Phi) is 5.35. The van der Waals surface area contributed by atoms with Gasteiger partial charge in [0.25, 0.3) is 5.78 Å². The highest BCUT2D eigenvalue weighted by atomic mass is 35.5. The highest BCUT2D eigenvalue weighted by molar-refractivity contribution is 6.47. The van der Waals surface area contributed by atoms with Crippen LogP contribution in [0, 0.1) is 5.92 Å². The number of carbonyl (C=O) groups excluding carboxylic acids is 2. The Bertz CT molecular complexity index is 423. The summed E-state index contributed by atoms with van der Waals surface area (Å²) in [7, 11) is 1.16. The molecule has 0 fully saturated rings. The van der Waals surface area contributed by atoms with Gasteiger partial charge in [0.05, 0.1) is 7.11 Å². The summed E-state index contributed by atoms with van der Waals surface area (Å²) in [6.07, 6.45) is 0.970. The Balaban J connectivity index is 2.78. The zero-order valence-corrected chi connectivity index (χ0v) is 11.5. The fraction of sp³-hybridized carbons (Fsp3) is 0.429. The smallest absolute Gasteiger partial charge is 0.376 e. The summed E-state index contributed by atoms with van der Waals surface area (Å²) in [5, 5.41) is -0.981. The Morgan fingerprint density at radius 3 is 2.22 bits per heavy atom. The number of halogens is 1. The molecule has 0 aliphatic heterocycles. The van der Waals surface area contributed by atoms with Crippen LogP contribution in [0.2, 0.25) is 0 Å². The molecule has 0 amide bonds. The Morgan fingerprint density at radius 1 is 1.22 bits per heavy atom. The third-order valence-corrected chi connectivity index (χ3v) is 2.98. The fourth-order valence-electron chi connectivity index (χ4n) is 1.65. The standard InChI is InChI=1S/C14H17ClO3/c1-9(2)8-10-4-6-11(7-5-10)12(15)13(16)14(17)18-3/h4-7,9,12H,8H2,1-3H3. The molecule has 0 saturated heterocycles. The Labute approximate surface area is 112 Å². The number of Topliss-reactive ketones (excluding diaryl/α,β-unsaturated/α-hetero) is 1. The van der Waals surface area contributed by atoms with Gasteiger partial charge < -0.3 is 4.74 Å². The molecule has 18 heavy (non-hydrogen) atoms. The molecule has 0 aliphatic rings. The molecular formula is C14H17ClO3. The zero-order valence-electron chi connectivity index (χ0n) is 10.8. The molecule has 0 radical (unpaired) electrons. The van der Waals surface area contributed by atoms with Crippen molar-refractivity contribution in [3.63, 3.8) is 0 Å². The van der Waals surface area contributed by atoms with Crippen molar-refractivity contribution in [3.8, 4) is 0 Å². The van der Waals surface area contributed by atoms with E-state index in [0.717, 1.165) is 13.5 Å². The van der Waals surface area contributed by atoms with Crippen molar-refractivity contribution < 1.29 is 14.3 Å². The number of carbonyl (C=O) groups is 2. The van der Waals surface area contributed by atoms with E-state index in [4.69, 9.17) is 11.6 Å². The van der Waals surface area contributed by atoms with Crippen LogP contribution in [0.15, 0.2) is 24.3 Å². The predicted octanol–water partition coefficient (Wildman–Crippen LogP) is 2.91. The quantitative estimate of drug-likeness (QED) is 0.468. The third-order valence-electron chi connectivity index (χ3n) is 2.53. The first-order chi connectivity index (χ1) is 8.45. The lowest BCUT2D eigenvalue weighted by Gasteiger charge is -2.09. The van der Waals surface area contributed by atoms with Crippen LogP contribution in [0.4, 0.5) is 0 Å². The van der Waals surface area contributed by atoms with Crippen molar-refractivity contribution in [1.82, 2.24) is 0 Å². The molecule has 1 aromatic carbocycles. The molecule has 4 heteroatoms. The van der Waals surface area contributed by atoms with Gasteiger partial charge in [-0.3, -0.25) is 4.79 Å². The summed E-state index contributed by atoms with van der Waals surface area (Å²) >= 11 is 5.94. The lowest BCUT2D eigenvalue weighted by atomic mass is 10.00. The van der Waals surface area contributed by atoms with Crippen LogP contribution in [-0.2, 0) is 20.7 Å². The van der Waals surface area contributed by atoms with Gasteiger partial charge in [-0.15, -0.1) is 11.6 Å². The lowest BCUT2D eigenvalue weighted by molar-refractivity contribution is -0.151. The number of rotatable bonds is 5. The summed E-state index contributed by atoms with van der Waals surface area (Å²) in [5.41, 5.74) is 1.79. The lowest BCUT2D eigenvalue weighted by Crippen LogP contribution is -2.20. The molecule has 98 valence electrons. The number of esters is 1. The molecule has 3 nitrogen and oxygen atoms in total. The molecule has 0 saturated carbocycles. The van der Waals surface area contributed by atoms with Crippen LogP contribution in [0.5, 0.6) is 0 Å². The molecule has 0 spiro atoms. The average molecular weight is 269 g/mol. The van der Waals surface area contributed by atoms with Crippen molar-refractivity contribution in [2.75, 3.05) is 7.11 Å². The van der Waals surface area contributed by atoms with E-state index in [0.29, 0.717) is 11.5 Å². The molecule has 0 aliphatic carbocycles. The van der Waals surface area contributed by atoms with Crippen LogP contribution < -0.4 is 0 Å². The van der Waals surface area contributed by atoms with Crippen molar-refractivity contribution in [1.29, 1.82) is 0 Å². The largest absolute Gasteiger partial charge is 0.463 e. The average Bonchev–Trinajstić information content (AvgIpc) is 2.36. The number of ether oxygens (including phenoxy) is 1. The van der Waals surface area contributed by atoms with E-state index in [9.17, 15) is 9.59 Å². The Morgan fingerprint density at radius 2 is 1.78 bits per heavy atom. The molecule has 1 rings (SSSR count). The molecule has 0 aromatic heterocycles. The number of ketones is 1. The van der Waals surface area contributed by atoms with Crippen molar-refractivity contribution in [3.05, 3.63) is 35.4 Å². The van der Waals surface area contributed by atoms with Crippen molar-refractivity contribution >= 4 is 23.4 Å². The van der Waals surface area contributed by atoms with Gasteiger partial charge in [0.2, 0.25) is 0 Å². The number of methoxy groups -OCH3 is 1. The maximum absolute atomic E-state index is 11.5. The van der Waals surface area contributed by atoms with Gasteiger partial charge in [-0.2, -0.15) is 0 Å². The van der Waals surface area contributed by atoms with E-state index in [2.05, 4.69) is 18.6 Å². The molecule has 0 bridgehead atoms. The van der Waals surface area contributed by atoms with Crippen molar-refractivity contribution in [2.45, 2.75) is 25.6 Å². The van der Waals surface area contributed by atoms with Gasteiger partial charge >= 0.3 is 5.97 Å². The number of benzene rings is 1. The number of hydrogen-bond donors (Lipinski definition) is 0. The minimum atomic E-state index is -0.981. The van der Waals surface area contributed by atoms with Crippen LogP contribution in [0.3, 0.4) is 0 Å². The van der Waals surface area contributed by atoms with E-state index < -0.39 is 17.1 Å². The molecular weight excluding hydrogens is 252 g/mol. The van der Waals surface area contributed by atoms with E-state index in [1.807, 2.05) is 12.1 Å². The second-order valence-electron chi connectivity index (χ2n) is 4.56. The van der Waals surface area contributed by atoms with Gasteiger partial charge in [0.15, 0.2) is 0 Å². The molecule has 1 atom stereocenters. The normalized spacial score (nSPS) is 12.3. The first-order valence-electron chi connectivity index (χ1n) is 5.80. The topological polar surface area (TPSA) is 43.4 Å². The van der Waals surface area contributed by atoms with E-state index >= 15 is 0 Å². The predicted molar refractivity (Wildman–Crippen MR) is 70.6 cm³/mol. The summed E-state index contributed by atoms with van der Waals surface area (Å²) < 4.78 is 4.36. The highest BCUT2D eigenvalue weighted by Crippen LogP contribution is 2.23. The maximum atomic E-state index is 11.5. The summed E-state index contributed by atoms with van der Waals surface area (Å²) in [6.45, 7) is 4.28. The van der Waals surface area contributed by atoms with Gasteiger partial charge in [0.1, 0.15) is 5.38 Å². The van der Waals surface area contributed by atoms with E-state index in [1.165, 1.54) is 5.56 Å². The Hall–Kier alpha value is -1.35. The first kappa shape index (κ1) is 14.7. The maximum Gasteiger partial charge on any atom is 0.376 e. The summed E-state index contributed by atoms with van der Waals surface area (Å²) in [5.74, 6) is -1.09. The van der Waals surface area contributed by atoms with Crippen molar-refractivity contribution in [2.24, 2.45) is 5.92 Å². The fourth-order valence-corrected chi connectivity index (χ4v) is 1.88. The van der Waals surface area contributed by atoms with Crippen LogP contribution in [0.25, 0.3) is 0 Å². The minimum Gasteiger partial charge on any atom is -0.463 e. The van der Waals surface area contributed by atoms with E-state index in [-0.39, 0.29) is 0 Å². The molecule has 0 heterocycles. The second-order valence-corrected chi connectivity index (χ2v) is 4.99. The zero-order chi connectivity index (χ0) is 13.7.